The van der Waals surface area contributed by atoms with Gasteiger partial charge in [0.1, 0.15) is 23.3 Å². The molecule has 2 rings (SSSR count). The van der Waals surface area contributed by atoms with Gasteiger partial charge in [0, 0.05) is 12.2 Å². The summed E-state index contributed by atoms with van der Waals surface area (Å²) in [7, 11) is 0. The maximum absolute atomic E-state index is 13.5. The number of nitrogens with zero attached hydrogens (tertiary/aromatic N) is 3. The minimum absolute atomic E-state index is 0.00486. The summed E-state index contributed by atoms with van der Waals surface area (Å²) in [6, 6.07) is 6.12. The van der Waals surface area contributed by atoms with Crippen LogP contribution in [0.2, 0.25) is 0 Å². The Kier molecular flexibility index (Phi) is 4.86. The van der Waals surface area contributed by atoms with Crippen LogP contribution >= 0.6 is 0 Å². The van der Waals surface area contributed by atoms with Gasteiger partial charge in [0.2, 0.25) is 5.95 Å². The zero-order chi connectivity index (χ0) is 16.1. The van der Waals surface area contributed by atoms with Crippen LogP contribution in [0.3, 0.4) is 0 Å². The second-order valence-electron chi connectivity index (χ2n) is 4.66. The van der Waals surface area contributed by atoms with Crippen molar-refractivity contribution < 1.29 is 9.13 Å². The number of hydrogen-bond acceptors (Lipinski definition) is 6. The van der Waals surface area contributed by atoms with Gasteiger partial charge in [-0.25, -0.2) is 9.37 Å². The molecular weight excluding hydrogens is 285 g/mol. The van der Waals surface area contributed by atoms with E-state index in [2.05, 4.69) is 9.97 Å². The van der Waals surface area contributed by atoms with Crippen molar-refractivity contribution in [2.45, 2.75) is 20.0 Å². The second-order valence-corrected chi connectivity index (χ2v) is 4.66. The summed E-state index contributed by atoms with van der Waals surface area (Å²) in [6.07, 6.45) is 0.849. The van der Waals surface area contributed by atoms with Crippen LogP contribution in [0.4, 0.5) is 16.2 Å². The Morgan fingerprint density at radius 1 is 1.32 bits per heavy atom. The number of aromatic nitrogens is 2. The summed E-state index contributed by atoms with van der Waals surface area (Å²) < 4.78 is 19.0. The van der Waals surface area contributed by atoms with Gasteiger partial charge in [-0.1, -0.05) is 6.92 Å². The molecule has 2 aromatic rings. The van der Waals surface area contributed by atoms with Crippen molar-refractivity contribution in [3.8, 4) is 17.3 Å². The number of rotatable bonds is 5. The SMILES string of the molecule is CCCOCc1cc(F)ccc1-c1nc(N)nc(N)c1C#N. The quantitative estimate of drug-likeness (QED) is 0.819. The van der Waals surface area contributed by atoms with Gasteiger partial charge >= 0.3 is 0 Å². The van der Waals surface area contributed by atoms with Crippen LogP contribution in [-0.2, 0) is 11.3 Å². The predicted octanol–water partition coefficient (Wildman–Crippen LogP) is 2.25. The van der Waals surface area contributed by atoms with Gasteiger partial charge in [-0.3, -0.25) is 0 Å². The van der Waals surface area contributed by atoms with Crippen LogP contribution in [0.5, 0.6) is 0 Å². The molecule has 0 saturated heterocycles. The third-order valence-electron chi connectivity index (χ3n) is 2.99. The molecule has 1 aromatic heterocycles. The Hall–Kier alpha value is -2.72. The summed E-state index contributed by atoms with van der Waals surface area (Å²) in [6.45, 7) is 2.73. The molecule has 0 bridgehead atoms. The van der Waals surface area contributed by atoms with Crippen LogP contribution in [0.1, 0.15) is 24.5 Å². The average Bonchev–Trinajstić information content (AvgIpc) is 2.47. The Balaban J connectivity index is 2.55. The number of halogens is 1. The minimum Gasteiger partial charge on any atom is -0.382 e. The predicted molar refractivity (Wildman–Crippen MR) is 80.9 cm³/mol. The number of ether oxygens (including phenoxy) is 1. The number of nitrogen functional groups attached to an aromatic ring is 2. The number of benzene rings is 1. The minimum atomic E-state index is -0.396. The summed E-state index contributed by atoms with van der Waals surface area (Å²) in [5.41, 5.74) is 12.8. The molecule has 0 spiro atoms. The lowest BCUT2D eigenvalue weighted by Crippen LogP contribution is -2.06. The maximum Gasteiger partial charge on any atom is 0.222 e. The van der Waals surface area contributed by atoms with Crippen molar-refractivity contribution in [2.75, 3.05) is 18.1 Å². The first-order valence-electron chi connectivity index (χ1n) is 6.76. The molecule has 7 heteroatoms. The third-order valence-corrected chi connectivity index (χ3v) is 2.99. The molecule has 0 fully saturated rings. The molecular formula is C15H16FN5O. The molecule has 0 aliphatic heterocycles. The van der Waals surface area contributed by atoms with E-state index in [0.717, 1.165) is 6.42 Å². The smallest absolute Gasteiger partial charge is 0.222 e. The molecule has 0 amide bonds. The van der Waals surface area contributed by atoms with E-state index in [1.165, 1.54) is 18.2 Å². The van der Waals surface area contributed by atoms with E-state index in [4.69, 9.17) is 16.2 Å². The lowest BCUT2D eigenvalue weighted by Gasteiger charge is -2.12. The molecule has 6 nitrogen and oxygen atoms in total. The molecule has 1 aromatic carbocycles. The van der Waals surface area contributed by atoms with E-state index < -0.39 is 5.82 Å². The Bertz CT molecular complexity index is 727. The van der Waals surface area contributed by atoms with Crippen LogP contribution in [0, 0.1) is 17.1 Å². The van der Waals surface area contributed by atoms with Gasteiger partial charge in [-0.15, -0.1) is 0 Å². The van der Waals surface area contributed by atoms with E-state index in [-0.39, 0.29) is 29.6 Å². The number of nitriles is 1. The van der Waals surface area contributed by atoms with E-state index in [1.54, 1.807) is 0 Å². The fourth-order valence-electron chi connectivity index (χ4n) is 2.04. The number of hydrogen-bond donors (Lipinski definition) is 2. The van der Waals surface area contributed by atoms with Crippen molar-refractivity contribution in [1.82, 2.24) is 9.97 Å². The maximum atomic E-state index is 13.5. The fraction of sp³-hybridized carbons (Fsp3) is 0.267. The molecule has 0 radical (unpaired) electrons. The molecule has 22 heavy (non-hydrogen) atoms. The van der Waals surface area contributed by atoms with Crippen LogP contribution in [-0.4, -0.2) is 16.6 Å². The number of nitrogens with two attached hydrogens (primary N) is 2. The van der Waals surface area contributed by atoms with Gasteiger partial charge in [-0.2, -0.15) is 10.2 Å². The fourth-order valence-corrected chi connectivity index (χ4v) is 2.04. The summed E-state index contributed by atoms with van der Waals surface area (Å²) in [5, 5.41) is 9.25. The first-order chi connectivity index (χ1) is 10.6. The van der Waals surface area contributed by atoms with Crippen molar-refractivity contribution in [3.05, 3.63) is 35.1 Å². The Morgan fingerprint density at radius 3 is 2.77 bits per heavy atom. The van der Waals surface area contributed by atoms with Gasteiger partial charge in [0.25, 0.3) is 0 Å². The first kappa shape index (κ1) is 15.7. The van der Waals surface area contributed by atoms with Crippen molar-refractivity contribution in [2.24, 2.45) is 0 Å². The van der Waals surface area contributed by atoms with Crippen LogP contribution in [0.25, 0.3) is 11.3 Å². The third kappa shape index (κ3) is 3.30. The van der Waals surface area contributed by atoms with Crippen molar-refractivity contribution in [3.63, 3.8) is 0 Å². The molecule has 4 N–H and O–H groups in total. The molecule has 0 aliphatic carbocycles. The number of anilines is 2. The Morgan fingerprint density at radius 2 is 2.09 bits per heavy atom. The van der Waals surface area contributed by atoms with Crippen LogP contribution in [0.15, 0.2) is 18.2 Å². The van der Waals surface area contributed by atoms with E-state index in [0.29, 0.717) is 17.7 Å². The normalized spacial score (nSPS) is 10.4. The Labute approximate surface area is 127 Å². The molecule has 0 unspecified atom stereocenters. The molecule has 114 valence electrons. The summed E-state index contributed by atoms with van der Waals surface area (Å²) in [5.74, 6) is -0.446. The molecule has 1 heterocycles. The van der Waals surface area contributed by atoms with E-state index >= 15 is 0 Å². The lowest BCUT2D eigenvalue weighted by molar-refractivity contribution is 0.121. The first-order valence-corrected chi connectivity index (χ1v) is 6.76. The summed E-state index contributed by atoms with van der Waals surface area (Å²) >= 11 is 0. The monoisotopic (exact) mass is 301 g/mol. The molecule has 0 saturated carbocycles. The van der Waals surface area contributed by atoms with Crippen LogP contribution < -0.4 is 11.5 Å². The largest absolute Gasteiger partial charge is 0.382 e. The van der Waals surface area contributed by atoms with Gasteiger partial charge in [0.05, 0.1) is 12.3 Å². The zero-order valence-corrected chi connectivity index (χ0v) is 12.1. The van der Waals surface area contributed by atoms with Gasteiger partial charge in [-0.05, 0) is 30.2 Å². The van der Waals surface area contributed by atoms with E-state index in [9.17, 15) is 9.65 Å². The van der Waals surface area contributed by atoms with Gasteiger partial charge in [0.15, 0.2) is 0 Å². The lowest BCUT2D eigenvalue weighted by atomic mass is 10.0. The highest BCUT2D eigenvalue weighted by Gasteiger charge is 2.16. The van der Waals surface area contributed by atoms with Gasteiger partial charge < -0.3 is 16.2 Å². The summed E-state index contributed by atoms with van der Waals surface area (Å²) in [4.78, 5) is 7.85. The average molecular weight is 301 g/mol. The molecule has 0 atom stereocenters. The zero-order valence-electron chi connectivity index (χ0n) is 12.1. The molecule has 0 aliphatic rings. The van der Waals surface area contributed by atoms with Crippen molar-refractivity contribution >= 4 is 11.8 Å². The van der Waals surface area contributed by atoms with E-state index in [1.807, 2.05) is 13.0 Å². The highest BCUT2D eigenvalue weighted by molar-refractivity contribution is 5.75. The highest BCUT2D eigenvalue weighted by Crippen LogP contribution is 2.29. The highest BCUT2D eigenvalue weighted by atomic mass is 19.1. The van der Waals surface area contributed by atoms with Crippen molar-refractivity contribution in [1.29, 1.82) is 5.26 Å². The topological polar surface area (TPSA) is 111 Å². The standard InChI is InChI=1S/C15H16FN5O/c1-2-5-22-8-9-6-10(16)3-4-11(9)13-12(7-17)14(18)21-15(19)20-13/h3-4,6H,2,5,8H2,1H3,(H4,18,19,20,21). The second kappa shape index (κ2) is 6.83.